The van der Waals surface area contributed by atoms with Gasteiger partial charge in [-0.3, -0.25) is 4.90 Å². The molecule has 1 saturated carbocycles. The van der Waals surface area contributed by atoms with Crippen molar-refractivity contribution >= 4 is 39.5 Å². The van der Waals surface area contributed by atoms with Crippen LogP contribution in [0.15, 0.2) is 24.4 Å². The molecule has 156 valence electrons. The number of carbonyl (C=O) groups is 1. The highest BCUT2D eigenvalue weighted by Crippen LogP contribution is 2.32. The second-order valence-electron chi connectivity index (χ2n) is 7.75. The minimum atomic E-state index is -0.966. The molecule has 1 aliphatic carbocycles. The van der Waals surface area contributed by atoms with Crippen molar-refractivity contribution in [1.82, 2.24) is 19.9 Å². The zero-order valence-electron chi connectivity index (χ0n) is 16.6. The molecule has 9 nitrogen and oxygen atoms in total. The number of nitrogens with zero attached hydrogens (tertiary/aromatic N) is 4. The summed E-state index contributed by atoms with van der Waals surface area (Å²) < 4.78 is 5.38. The number of morpholine rings is 1. The Morgan fingerprint density at radius 3 is 2.80 bits per heavy atom. The number of pyridine rings is 1. The molecule has 2 fully saturated rings. The van der Waals surface area contributed by atoms with Gasteiger partial charge in [-0.1, -0.05) is 6.07 Å². The number of carboxylic acids is 1. The fraction of sp³-hybridized carbons (Fsp3) is 0.429. The maximum Gasteiger partial charge on any atom is 0.335 e. The van der Waals surface area contributed by atoms with Gasteiger partial charge in [0, 0.05) is 49.2 Å². The lowest BCUT2D eigenvalue weighted by atomic mass is 10.1. The topological polar surface area (TPSA) is 112 Å². The van der Waals surface area contributed by atoms with Gasteiger partial charge in [-0.2, -0.15) is 0 Å². The number of fused-ring (bicyclic) bond motifs is 3. The van der Waals surface area contributed by atoms with Gasteiger partial charge in [0.05, 0.1) is 24.3 Å². The van der Waals surface area contributed by atoms with Crippen molar-refractivity contribution in [3.8, 4) is 0 Å². The molecule has 2 aliphatic rings. The Labute approximate surface area is 173 Å². The number of nitrogens with one attached hydrogen (secondary N) is 2. The first kappa shape index (κ1) is 19.0. The van der Waals surface area contributed by atoms with Crippen molar-refractivity contribution in [2.24, 2.45) is 0 Å². The van der Waals surface area contributed by atoms with Crippen LogP contribution in [-0.4, -0.2) is 76.4 Å². The average Bonchev–Trinajstić information content (AvgIpc) is 3.58. The summed E-state index contributed by atoms with van der Waals surface area (Å²) in [4.78, 5) is 27.6. The molecule has 0 atom stereocenters. The highest BCUT2D eigenvalue weighted by Gasteiger charge is 2.23. The zero-order valence-corrected chi connectivity index (χ0v) is 16.6. The Hall–Kier alpha value is -3.04. The monoisotopic (exact) mass is 408 g/mol. The SMILES string of the molecule is O=C(O)c1ccc2c(c1)nc(NC1CC1)c1nc(NCCN3CCOCC3)ncc12. The lowest BCUT2D eigenvalue weighted by Crippen LogP contribution is -2.39. The molecule has 0 radical (unpaired) electrons. The molecule has 3 aromatic rings. The van der Waals surface area contributed by atoms with Crippen LogP contribution in [0.5, 0.6) is 0 Å². The van der Waals surface area contributed by atoms with E-state index in [1.54, 1.807) is 24.4 Å². The van der Waals surface area contributed by atoms with E-state index in [4.69, 9.17) is 14.7 Å². The average molecular weight is 408 g/mol. The zero-order chi connectivity index (χ0) is 20.5. The number of rotatable bonds is 7. The summed E-state index contributed by atoms with van der Waals surface area (Å²) in [6.45, 7) is 5.12. The van der Waals surface area contributed by atoms with Crippen LogP contribution in [0.4, 0.5) is 11.8 Å². The molecule has 3 heterocycles. The molecule has 1 saturated heterocycles. The van der Waals surface area contributed by atoms with Crippen LogP contribution < -0.4 is 10.6 Å². The van der Waals surface area contributed by atoms with E-state index in [1.807, 2.05) is 0 Å². The van der Waals surface area contributed by atoms with E-state index in [9.17, 15) is 9.90 Å². The number of hydrogen-bond donors (Lipinski definition) is 3. The fourth-order valence-corrected chi connectivity index (χ4v) is 3.68. The van der Waals surface area contributed by atoms with Gasteiger partial charge in [-0.25, -0.2) is 19.7 Å². The molecule has 0 bridgehead atoms. The summed E-state index contributed by atoms with van der Waals surface area (Å²) >= 11 is 0. The minimum Gasteiger partial charge on any atom is -0.478 e. The fourth-order valence-electron chi connectivity index (χ4n) is 3.68. The second kappa shape index (κ2) is 8.00. The summed E-state index contributed by atoms with van der Waals surface area (Å²) in [6.07, 6.45) is 4.00. The van der Waals surface area contributed by atoms with Crippen LogP contribution in [-0.2, 0) is 4.74 Å². The first-order valence-electron chi connectivity index (χ1n) is 10.3. The largest absolute Gasteiger partial charge is 0.478 e. The summed E-state index contributed by atoms with van der Waals surface area (Å²) in [5, 5.41) is 17.8. The van der Waals surface area contributed by atoms with Crippen LogP contribution in [0.3, 0.4) is 0 Å². The molecular formula is C21H24N6O3. The first-order chi connectivity index (χ1) is 14.7. The molecule has 9 heteroatoms. The number of ether oxygens (including phenoxy) is 1. The van der Waals surface area contributed by atoms with E-state index in [1.165, 1.54) is 0 Å². The van der Waals surface area contributed by atoms with E-state index < -0.39 is 5.97 Å². The van der Waals surface area contributed by atoms with Gasteiger partial charge in [0.2, 0.25) is 5.95 Å². The van der Waals surface area contributed by atoms with E-state index >= 15 is 0 Å². The van der Waals surface area contributed by atoms with Gasteiger partial charge in [-0.15, -0.1) is 0 Å². The summed E-state index contributed by atoms with van der Waals surface area (Å²) in [5.74, 6) is 0.283. The summed E-state index contributed by atoms with van der Waals surface area (Å²) in [5.41, 5.74) is 1.59. The Kier molecular flexibility index (Phi) is 5.06. The maximum atomic E-state index is 11.4. The van der Waals surface area contributed by atoms with Crippen LogP contribution in [0.2, 0.25) is 0 Å². The van der Waals surface area contributed by atoms with E-state index in [0.29, 0.717) is 23.3 Å². The van der Waals surface area contributed by atoms with Gasteiger partial charge in [0.1, 0.15) is 5.52 Å². The minimum absolute atomic E-state index is 0.217. The van der Waals surface area contributed by atoms with Crippen LogP contribution in [0.1, 0.15) is 23.2 Å². The number of aromatic nitrogens is 3. The molecule has 1 aliphatic heterocycles. The Morgan fingerprint density at radius 1 is 1.20 bits per heavy atom. The van der Waals surface area contributed by atoms with Gasteiger partial charge in [0.15, 0.2) is 5.82 Å². The molecule has 1 aromatic carbocycles. The molecule has 0 unspecified atom stereocenters. The molecule has 2 aromatic heterocycles. The Balaban J connectivity index is 1.45. The maximum absolute atomic E-state index is 11.4. The van der Waals surface area contributed by atoms with Gasteiger partial charge >= 0.3 is 5.97 Å². The lowest BCUT2D eigenvalue weighted by Gasteiger charge is -2.26. The predicted molar refractivity (Wildman–Crippen MR) is 114 cm³/mol. The predicted octanol–water partition coefficient (Wildman–Crippen LogP) is 2.19. The Bertz CT molecular complexity index is 1090. The van der Waals surface area contributed by atoms with Crippen molar-refractivity contribution in [2.45, 2.75) is 18.9 Å². The standard InChI is InChI=1S/C21H24N6O3/c28-20(29)13-1-4-15-16-12-23-21(22-5-6-27-7-9-30-10-8-27)26-18(16)19(24-14-2-3-14)25-17(15)11-13/h1,4,11-12,14H,2-3,5-10H2,(H,24,25)(H,28,29)(H,22,23,26). The van der Waals surface area contributed by atoms with Crippen LogP contribution in [0.25, 0.3) is 21.8 Å². The molecular weight excluding hydrogens is 384 g/mol. The number of carboxylic acid groups (broad SMARTS) is 1. The number of hydrogen-bond acceptors (Lipinski definition) is 8. The third-order valence-corrected chi connectivity index (χ3v) is 5.51. The molecule has 5 rings (SSSR count). The van der Waals surface area contributed by atoms with Crippen LogP contribution >= 0.6 is 0 Å². The highest BCUT2D eigenvalue weighted by atomic mass is 16.5. The quantitative estimate of drug-likeness (QED) is 0.506. The van der Waals surface area contributed by atoms with Gasteiger partial charge in [-0.05, 0) is 25.0 Å². The summed E-state index contributed by atoms with van der Waals surface area (Å²) in [6, 6.07) is 5.37. The third-order valence-electron chi connectivity index (χ3n) is 5.51. The van der Waals surface area contributed by atoms with E-state index in [2.05, 4.69) is 20.5 Å². The second-order valence-corrected chi connectivity index (χ2v) is 7.75. The number of aromatic carboxylic acids is 1. The van der Waals surface area contributed by atoms with Crippen molar-refractivity contribution in [2.75, 3.05) is 50.0 Å². The summed E-state index contributed by atoms with van der Waals surface area (Å²) in [7, 11) is 0. The molecule has 3 N–H and O–H groups in total. The normalized spacial score (nSPS) is 17.3. The van der Waals surface area contributed by atoms with E-state index in [-0.39, 0.29) is 5.56 Å². The molecule has 0 amide bonds. The van der Waals surface area contributed by atoms with Gasteiger partial charge in [0.25, 0.3) is 0 Å². The molecule has 0 spiro atoms. The van der Waals surface area contributed by atoms with Crippen LogP contribution in [0, 0.1) is 0 Å². The highest BCUT2D eigenvalue weighted by molar-refractivity contribution is 6.09. The van der Waals surface area contributed by atoms with Crippen molar-refractivity contribution < 1.29 is 14.6 Å². The van der Waals surface area contributed by atoms with E-state index in [0.717, 1.165) is 68.5 Å². The molecule has 30 heavy (non-hydrogen) atoms. The first-order valence-corrected chi connectivity index (χ1v) is 10.3. The Morgan fingerprint density at radius 2 is 2.03 bits per heavy atom. The van der Waals surface area contributed by atoms with Gasteiger partial charge < -0.3 is 20.5 Å². The van der Waals surface area contributed by atoms with Crippen molar-refractivity contribution in [1.29, 1.82) is 0 Å². The smallest absolute Gasteiger partial charge is 0.335 e. The van der Waals surface area contributed by atoms with Crippen molar-refractivity contribution in [3.05, 3.63) is 30.0 Å². The number of anilines is 2. The lowest BCUT2D eigenvalue weighted by molar-refractivity contribution is 0.0398. The van der Waals surface area contributed by atoms with Crippen molar-refractivity contribution in [3.63, 3.8) is 0 Å². The third kappa shape index (κ3) is 3.99. The number of benzene rings is 1.